The highest BCUT2D eigenvalue weighted by molar-refractivity contribution is 7.47. The third-order valence-electron chi connectivity index (χ3n) is 16.0. The van der Waals surface area contributed by atoms with Gasteiger partial charge in [0, 0.05) is 6.42 Å². The number of allylic oxidation sites excluding steroid dienone is 15. The van der Waals surface area contributed by atoms with Crippen LogP contribution in [0.25, 0.3) is 0 Å². The molecule has 0 aromatic carbocycles. The van der Waals surface area contributed by atoms with Gasteiger partial charge in [-0.25, -0.2) is 4.57 Å². The van der Waals surface area contributed by atoms with E-state index in [1.54, 1.807) is 6.08 Å². The Balaban J connectivity index is 4.10. The maximum atomic E-state index is 13.1. The van der Waals surface area contributed by atoms with Crippen molar-refractivity contribution in [2.75, 3.05) is 40.9 Å². The first-order valence-corrected chi connectivity index (χ1v) is 37.6. The number of likely N-dealkylation sites (N-methyl/N-ethyl adjacent to an activating group) is 1. The van der Waals surface area contributed by atoms with E-state index in [9.17, 15) is 19.4 Å². The van der Waals surface area contributed by atoms with Crippen molar-refractivity contribution in [3.8, 4) is 0 Å². The second-order valence-electron chi connectivity index (χ2n) is 25.6. The predicted molar refractivity (Wildman–Crippen MR) is 373 cm³/mol. The summed E-state index contributed by atoms with van der Waals surface area (Å²) >= 11 is 0. The van der Waals surface area contributed by atoms with Crippen LogP contribution >= 0.6 is 7.82 Å². The van der Waals surface area contributed by atoms with Gasteiger partial charge in [-0.15, -0.1) is 0 Å². The number of quaternary nitrogens is 1. The Morgan fingerprint density at radius 2 is 0.718 bits per heavy atom. The van der Waals surface area contributed by atoms with Crippen molar-refractivity contribution in [1.82, 2.24) is 5.32 Å². The van der Waals surface area contributed by atoms with Crippen molar-refractivity contribution in [2.45, 2.75) is 341 Å². The van der Waals surface area contributed by atoms with Crippen molar-refractivity contribution in [2.24, 2.45) is 0 Å². The monoisotopic (exact) mass is 1210 g/mol. The van der Waals surface area contributed by atoms with E-state index in [1.807, 2.05) is 27.2 Å². The molecule has 3 unspecified atom stereocenters. The molecule has 0 saturated carbocycles. The Kier molecular flexibility index (Phi) is 63.9. The first-order chi connectivity index (χ1) is 41.5. The van der Waals surface area contributed by atoms with E-state index in [-0.39, 0.29) is 19.1 Å². The van der Waals surface area contributed by atoms with Crippen LogP contribution in [0.4, 0.5) is 0 Å². The molecule has 85 heavy (non-hydrogen) atoms. The van der Waals surface area contributed by atoms with Crippen molar-refractivity contribution in [3.63, 3.8) is 0 Å². The quantitative estimate of drug-likeness (QED) is 0.0243. The predicted octanol–water partition coefficient (Wildman–Crippen LogP) is 23.3. The van der Waals surface area contributed by atoms with Crippen LogP contribution < -0.4 is 5.32 Å². The summed E-state index contributed by atoms with van der Waals surface area (Å²) in [5, 5.41) is 14.0. The summed E-state index contributed by atoms with van der Waals surface area (Å²) in [6, 6.07) is -0.871. The molecular weight excluding hydrogens is 1070 g/mol. The topological polar surface area (TPSA) is 105 Å². The van der Waals surface area contributed by atoms with Crippen LogP contribution in [0.5, 0.6) is 0 Å². The number of carbonyl (C=O) groups is 1. The molecule has 494 valence electrons. The fourth-order valence-electron chi connectivity index (χ4n) is 10.5. The number of rotatable bonds is 66. The van der Waals surface area contributed by atoms with Gasteiger partial charge in [0.1, 0.15) is 13.2 Å². The van der Waals surface area contributed by atoms with Gasteiger partial charge in [-0.05, 0) is 83.5 Å². The van der Waals surface area contributed by atoms with Gasteiger partial charge in [0.15, 0.2) is 0 Å². The smallest absolute Gasteiger partial charge is 0.387 e. The second-order valence-corrected chi connectivity index (χ2v) is 27.0. The zero-order valence-electron chi connectivity index (χ0n) is 56.6. The molecular formula is C76H140N2O6P+. The molecule has 3 N–H and O–H groups in total. The van der Waals surface area contributed by atoms with Gasteiger partial charge in [-0.3, -0.25) is 13.8 Å². The van der Waals surface area contributed by atoms with Gasteiger partial charge in [0.05, 0.1) is 39.9 Å². The molecule has 0 aromatic rings. The lowest BCUT2D eigenvalue weighted by atomic mass is 10.0. The van der Waals surface area contributed by atoms with Crippen LogP contribution in [0.2, 0.25) is 0 Å². The number of nitrogens with zero attached hydrogens (tertiary/aromatic N) is 1. The summed E-state index contributed by atoms with van der Waals surface area (Å²) in [5.41, 5.74) is 0. The number of aliphatic hydroxyl groups excluding tert-OH is 1. The highest BCUT2D eigenvalue weighted by Gasteiger charge is 2.28. The van der Waals surface area contributed by atoms with E-state index in [4.69, 9.17) is 9.05 Å². The molecule has 0 aliphatic carbocycles. The number of phosphoric ester groups is 1. The molecule has 0 bridgehead atoms. The SMILES string of the molecule is CC/C=C\C/C=C\C/C=C\C/C=C\C/C=C\C/C=C\CCCCCCCCCCCCCCCCC(=O)NC(COP(=O)(O)OCC[N+](C)(C)C)C(O)/C=C/CC/C=C/CCCCCCCCCCCCCCCCCCCCCCCCCC. The van der Waals surface area contributed by atoms with Crippen LogP contribution in [0.3, 0.4) is 0 Å². The highest BCUT2D eigenvalue weighted by Crippen LogP contribution is 2.43. The Labute approximate surface area is 528 Å². The van der Waals surface area contributed by atoms with Crippen LogP contribution in [0.1, 0.15) is 328 Å². The number of hydrogen-bond acceptors (Lipinski definition) is 5. The van der Waals surface area contributed by atoms with Gasteiger partial charge >= 0.3 is 7.82 Å². The summed E-state index contributed by atoms with van der Waals surface area (Å²) in [6.07, 6.45) is 95.7. The molecule has 0 radical (unpaired) electrons. The van der Waals surface area contributed by atoms with Crippen LogP contribution in [-0.2, 0) is 18.4 Å². The molecule has 0 saturated heterocycles. The van der Waals surface area contributed by atoms with Crippen LogP contribution in [-0.4, -0.2) is 73.4 Å². The number of unbranched alkanes of at least 4 members (excludes halogenated alkanes) is 39. The van der Waals surface area contributed by atoms with E-state index in [2.05, 4.69) is 104 Å². The Morgan fingerprint density at radius 1 is 0.412 bits per heavy atom. The van der Waals surface area contributed by atoms with E-state index in [0.29, 0.717) is 17.4 Å². The van der Waals surface area contributed by atoms with E-state index in [0.717, 1.165) is 77.0 Å². The van der Waals surface area contributed by atoms with Crippen molar-refractivity contribution < 1.29 is 32.9 Å². The second kappa shape index (κ2) is 65.9. The summed E-state index contributed by atoms with van der Waals surface area (Å²) in [7, 11) is 1.56. The van der Waals surface area contributed by atoms with Crippen LogP contribution in [0, 0.1) is 0 Å². The number of aliphatic hydroxyl groups is 1. The number of nitrogens with one attached hydrogen (secondary N) is 1. The van der Waals surface area contributed by atoms with E-state index in [1.165, 1.54) is 231 Å². The molecule has 0 spiro atoms. The Bertz CT molecular complexity index is 1710. The normalized spacial score (nSPS) is 14.2. The fraction of sp³-hybridized carbons (Fsp3) is 0.776. The van der Waals surface area contributed by atoms with Gasteiger partial charge in [-0.2, -0.15) is 0 Å². The molecule has 0 aliphatic heterocycles. The maximum Gasteiger partial charge on any atom is 0.472 e. The summed E-state index contributed by atoms with van der Waals surface area (Å²) in [6.45, 7) is 4.71. The number of amides is 1. The van der Waals surface area contributed by atoms with E-state index < -0.39 is 20.0 Å². The van der Waals surface area contributed by atoms with Gasteiger partial charge < -0.3 is 19.8 Å². The van der Waals surface area contributed by atoms with Gasteiger partial charge in [0.2, 0.25) is 5.91 Å². The molecule has 3 atom stereocenters. The first-order valence-electron chi connectivity index (χ1n) is 36.1. The summed E-state index contributed by atoms with van der Waals surface area (Å²) in [4.78, 5) is 23.4. The minimum absolute atomic E-state index is 0.0533. The van der Waals surface area contributed by atoms with Crippen molar-refractivity contribution >= 4 is 13.7 Å². The standard InChI is InChI=1S/C76H139N2O6P/c1-6-8-10-12-14-16-18-20-22-24-26-28-30-32-34-36-38-39-40-42-44-46-48-50-52-54-56-58-60-62-64-66-68-70-76(80)77-74(73-84-85(81,82)83-72-71-78(3,4)5)75(79)69-67-65-63-61-59-57-55-53-51-49-47-45-43-41-37-35-33-31-29-27-25-23-21-19-17-15-13-11-9-7-2/h8,10,14,16,20,22,26,28,32,34,38-39,59,61,67,69,74-75,79H,6-7,9,11-13,15,17-19,21,23-25,27,29-31,33,35-37,40-58,60,62-66,68,70-73H2,1-5H3,(H-,77,80,81,82)/p+1/b10-8-,16-14-,22-20-,28-26-,34-32-,39-38-,61-59+,69-67+. The number of carbonyl (C=O) groups excluding carboxylic acids is 1. The average Bonchev–Trinajstić information content (AvgIpc) is 3.49. The van der Waals surface area contributed by atoms with Gasteiger partial charge in [0.25, 0.3) is 0 Å². The molecule has 0 aromatic heterocycles. The molecule has 0 heterocycles. The minimum atomic E-state index is -4.37. The molecule has 0 rings (SSSR count). The molecule has 9 heteroatoms. The van der Waals surface area contributed by atoms with Crippen molar-refractivity contribution in [1.29, 1.82) is 0 Å². The fourth-order valence-corrected chi connectivity index (χ4v) is 11.2. The highest BCUT2D eigenvalue weighted by atomic mass is 31.2. The Hall–Kier alpha value is -2.58. The largest absolute Gasteiger partial charge is 0.472 e. The summed E-state index contributed by atoms with van der Waals surface area (Å²) < 4.78 is 23.8. The zero-order valence-corrected chi connectivity index (χ0v) is 57.5. The zero-order chi connectivity index (χ0) is 61.9. The third-order valence-corrected chi connectivity index (χ3v) is 17.0. The number of hydrogen-bond donors (Lipinski definition) is 3. The third kappa shape index (κ3) is 68.8. The molecule has 1 amide bonds. The Morgan fingerprint density at radius 3 is 1.08 bits per heavy atom. The lowest BCUT2D eigenvalue weighted by Gasteiger charge is -2.25. The molecule has 0 aliphatic rings. The maximum absolute atomic E-state index is 13.1. The van der Waals surface area contributed by atoms with E-state index >= 15 is 0 Å². The molecule has 8 nitrogen and oxygen atoms in total. The first kappa shape index (κ1) is 82.4. The summed E-state index contributed by atoms with van der Waals surface area (Å²) in [5.74, 6) is -0.187. The van der Waals surface area contributed by atoms with Crippen LogP contribution in [0.15, 0.2) is 97.2 Å². The molecule has 0 fully saturated rings. The minimum Gasteiger partial charge on any atom is -0.387 e. The number of phosphoric acid groups is 1. The van der Waals surface area contributed by atoms with Crippen molar-refractivity contribution in [3.05, 3.63) is 97.2 Å². The lowest BCUT2D eigenvalue weighted by Crippen LogP contribution is -2.45. The van der Waals surface area contributed by atoms with Gasteiger partial charge in [-0.1, -0.05) is 336 Å². The average molecular weight is 1210 g/mol. The lowest BCUT2D eigenvalue weighted by molar-refractivity contribution is -0.870.